The first kappa shape index (κ1) is 24.6. The molecule has 2 aromatic heterocycles. The summed E-state index contributed by atoms with van der Waals surface area (Å²) in [6, 6.07) is 11.2. The smallest absolute Gasteiger partial charge is 0.260 e. The summed E-state index contributed by atoms with van der Waals surface area (Å²) in [5.41, 5.74) is 3.51. The van der Waals surface area contributed by atoms with Gasteiger partial charge in [0.2, 0.25) is 5.75 Å². The molecule has 2 aromatic carbocycles. The van der Waals surface area contributed by atoms with E-state index in [4.69, 9.17) is 23.6 Å². The minimum absolute atomic E-state index is 0.235. The summed E-state index contributed by atoms with van der Waals surface area (Å²) >= 11 is 1.50. The lowest BCUT2D eigenvalue weighted by Crippen LogP contribution is -2.30. The Morgan fingerprint density at radius 1 is 0.971 bits per heavy atom. The number of aryl methyl sites for hydroxylation is 2. The molecule has 0 saturated carbocycles. The predicted molar refractivity (Wildman–Crippen MR) is 138 cm³/mol. The van der Waals surface area contributed by atoms with E-state index in [9.17, 15) is 4.79 Å². The molecule has 7 nitrogen and oxygen atoms in total. The van der Waals surface area contributed by atoms with Crippen LogP contribution < -0.4 is 19.1 Å². The molecule has 0 aliphatic heterocycles. The van der Waals surface area contributed by atoms with Crippen LogP contribution in [0, 0.1) is 13.8 Å². The van der Waals surface area contributed by atoms with Gasteiger partial charge in [0.1, 0.15) is 5.76 Å². The molecule has 0 unspecified atom stereocenters. The van der Waals surface area contributed by atoms with E-state index < -0.39 is 0 Å². The Bertz CT molecular complexity index is 1250. The first-order valence-electron chi connectivity index (χ1n) is 11.7. The Labute approximate surface area is 209 Å². The Kier molecular flexibility index (Phi) is 7.60. The van der Waals surface area contributed by atoms with E-state index in [1.54, 1.807) is 23.3 Å². The van der Waals surface area contributed by atoms with Crippen LogP contribution in [0.3, 0.4) is 0 Å². The molecule has 0 radical (unpaired) electrons. The lowest BCUT2D eigenvalue weighted by Gasteiger charge is -2.21. The van der Waals surface area contributed by atoms with Gasteiger partial charge in [-0.05, 0) is 70.0 Å². The van der Waals surface area contributed by atoms with Gasteiger partial charge in [0.15, 0.2) is 16.6 Å². The third kappa shape index (κ3) is 5.12. The van der Waals surface area contributed by atoms with Gasteiger partial charge in [-0.2, -0.15) is 0 Å². The molecule has 4 aromatic rings. The number of rotatable bonds is 10. The highest BCUT2D eigenvalue weighted by molar-refractivity contribution is 7.22. The van der Waals surface area contributed by atoms with Crippen molar-refractivity contribution in [1.29, 1.82) is 0 Å². The number of carbonyl (C=O) groups excluding carboxylic acids is 1. The van der Waals surface area contributed by atoms with Crippen molar-refractivity contribution in [2.24, 2.45) is 0 Å². The maximum Gasteiger partial charge on any atom is 0.260 e. The van der Waals surface area contributed by atoms with Crippen LogP contribution in [0.1, 0.15) is 48.0 Å². The molecular weight excluding hydrogens is 464 g/mol. The number of hydrogen-bond acceptors (Lipinski definition) is 7. The van der Waals surface area contributed by atoms with Crippen molar-refractivity contribution in [2.75, 3.05) is 24.7 Å². The lowest BCUT2D eigenvalue weighted by molar-refractivity contribution is 0.0982. The molecule has 0 fully saturated rings. The summed E-state index contributed by atoms with van der Waals surface area (Å²) in [4.78, 5) is 20.5. The molecule has 0 bridgehead atoms. The first-order valence-corrected chi connectivity index (χ1v) is 12.6. The van der Waals surface area contributed by atoms with Crippen molar-refractivity contribution < 1.29 is 23.4 Å². The Hall–Kier alpha value is -3.52. The highest BCUT2D eigenvalue weighted by Crippen LogP contribution is 2.40. The molecule has 2 heterocycles. The van der Waals surface area contributed by atoms with E-state index in [1.807, 2.05) is 39.8 Å². The summed E-state index contributed by atoms with van der Waals surface area (Å²) in [5.74, 6) is 1.86. The number of thiazole rings is 1. The summed E-state index contributed by atoms with van der Waals surface area (Å²) in [5, 5.41) is 0.601. The van der Waals surface area contributed by atoms with Crippen LogP contribution in [0.15, 0.2) is 47.1 Å². The van der Waals surface area contributed by atoms with Crippen LogP contribution in [0.2, 0.25) is 0 Å². The quantitative estimate of drug-likeness (QED) is 0.249. The minimum Gasteiger partial charge on any atom is -0.490 e. The summed E-state index contributed by atoms with van der Waals surface area (Å²) in [7, 11) is 0. The molecule has 0 aliphatic rings. The summed E-state index contributed by atoms with van der Waals surface area (Å²) < 4.78 is 24.1. The molecule has 1 amide bonds. The predicted octanol–water partition coefficient (Wildman–Crippen LogP) is 6.55. The summed E-state index contributed by atoms with van der Waals surface area (Å²) in [6.45, 7) is 11.3. The maximum atomic E-state index is 14.0. The van der Waals surface area contributed by atoms with Crippen LogP contribution in [0.25, 0.3) is 10.2 Å². The highest BCUT2D eigenvalue weighted by atomic mass is 32.1. The number of ether oxygens (including phenoxy) is 3. The number of anilines is 1. The van der Waals surface area contributed by atoms with Crippen LogP contribution >= 0.6 is 11.3 Å². The fourth-order valence-electron chi connectivity index (χ4n) is 3.82. The third-order valence-corrected chi connectivity index (χ3v) is 6.67. The van der Waals surface area contributed by atoms with E-state index in [2.05, 4.69) is 19.1 Å². The number of carbonyl (C=O) groups is 1. The highest BCUT2D eigenvalue weighted by Gasteiger charge is 2.26. The molecule has 35 heavy (non-hydrogen) atoms. The third-order valence-electron chi connectivity index (χ3n) is 5.46. The average molecular weight is 495 g/mol. The topological polar surface area (TPSA) is 74.0 Å². The zero-order valence-electron chi connectivity index (χ0n) is 20.7. The number of hydrogen-bond donors (Lipinski definition) is 0. The van der Waals surface area contributed by atoms with E-state index in [0.717, 1.165) is 21.3 Å². The van der Waals surface area contributed by atoms with Gasteiger partial charge in [-0.1, -0.05) is 23.5 Å². The number of furan rings is 1. The fourth-order valence-corrected chi connectivity index (χ4v) is 4.93. The molecule has 184 valence electrons. The van der Waals surface area contributed by atoms with Crippen molar-refractivity contribution in [1.82, 2.24) is 4.98 Å². The normalized spacial score (nSPS) is 11.0. The minimum atomic E-state index is -0.235. The van der Waals surface area contributed by atoms with Crippen LogP contribution in [-0.4, -0.2) is 30.7 Å². The number of benzene rings is 2. The molecule has 0 atom stereocenters. The number of aromatic nitrogens is 1. The van der Waals surface area contributed by atoms with Gasteiger partial charge in [-0.15, -0.1) is 0 Å². The largest absolute Gasteiger partial charge is 0.490 e. The molecule has 8 heteroatoms. The van der Waals surface area contributed by atoms with Crippen molar-refractivity contribution in [3.05, 3.63) is 65.1 Å². The second-order valence-corrected chi connectivity index (χ2v) is 8.92. The van der Waals surface area contributed by atoms with Crippen molar-refractivity contribution in [3.63, 3.8) is 0 Å². The number of amides is 1. The SMILES string of the molecule is CCOc1cc(C(=O)N(Cc2ccco2)c2nc3c(C)ccc(C)c3s2)cc(OCC)c1OCC. The van der Waals surface area contributed by atoms with E-state index in [-0.39, 0.29) is 12.5 Å². The Morgan fingerprint density at radius 3 is 2.20 bits per heavy atom. The fraction of sp³-hybridized carbons (Fsp3) is 0.333. The monoisotopic (exact) mass is 494 g/mol. The molecule has 0 aliphatic carbocycles. The molecular formula is C27H30N2O5S. The van der Waals surface area contributed by atoms with Gasteiger partial charge in [0.05, 0.1) is 42.8 Å². The van der Waals surface area contributed by atoms with Crippen LogP contribution in [-0.2, 0) is 6.54 Å². The molecule has 0 saturated heterocycles. The van der Waals surface area contributed by atoms with E-state index in [1.165, 1.54) is 11.3 Å². The van der Waals surface area contributed by atoms with Crippen molar-refractivity contribution in [2.45, 2.75) is 41.2 Å². The first-order chi connectivity index (χ1) is 17.0. The van der Waals surface area contributed by atoms with Gasteiger partial charge < -0.3 is 18.6 Å². The van der Waals surface area contributed by atoms with Crippen LogP contribution in [0.4, 0.5) is 5.13 Å². The lowest BCUT2D eigenvalue weighted by atomic mass is 10.1. The number of fused-ring (bicyclic) bond motifs is 1. The zero-order chi connectivity index (χ0) is 24.9. The van der Waals surface area contributed by atoms with Crippen molar-refractivity contribution >= 4 is 32.6 Å². The maximum absolute atomic E-state index is 14.0. The van der Waals surface area contributed by atoms with Gasteiger partial charge >= 0.3 is 0 Å². The molecule has 4 rings (SSSR count). The standard InChI is InChI=1S/C27H30N2O5S/c1-6-31-21-14-19(15-22(32-7-2)24(21)33-8-3)26(30)29(16-20-10-9-13-34-20)27-28-23-17(4)11-12-18(5)25(23)35-27/h9-15H,6-8,16H2,1-5H3. The molecule has 0 N–H and O–H groups in total. The Balaban J connectivity index is 1.83. The van der Waals surface area contributed by atoms with Gasteiger partial charge in [-0.25, -0.2) is 4.98 Å². The van der Waals surface area contributed by atoms with E-state index >= 15 is 0 Å². The van der Waals surface area contributed by atoms with Gasteiger partial charge in [-0.3, -0.25) is 9.69 Å². The second-order valence-electron chi connectivity index (χ2n) is 7.94. The second kappa shape index (κ2) is 10.8. The van der Waals surface area contributed by atoms with Crippen LogP contribution in [0.5, 0.6) is 17.2 Å². The van der Waals surface area contributed by atoms with E-state index in [0.29, 0.717) is 53.5 Å². The van der Waals surface area contributed by atoms with Gasteiger partial charge in [0, 0.05) is 5.56 Å². The Morgan fingerprint density at radius 2 is 1.63 bits per heavy atom. The van der Waals surface area contributed by atoms with Gasteiger partial charge in [0.25, 0.3) is 5.91 Å². The molecule has 0 spiro atoms. The zero-order valence-corrected chi connectivity index (χ0v) is 21.5. The number of nitrogens with zero attached hydrogens (tertiary/aromatic N) is 2. The summed E-state index contributed by atoms with van der Waals surface area (Å²) in [6.07, 6.45) is 1.60. The average Bonchev–Trinajstić information content (AvgIpc) is 3.52. The van der Waals surface area contributed by atoms with Crippen molar-refractivity contribution in [3.8, 4) is 17.2 Å².